The van der Waals surface area contributed by atoms with Gasteiger partial charge in [0.15, 0.2) is 0 Å². The first-order valence-corrected chi connectivity index (χ1v) is 7.78. The van der Waals surface area contributed by atoms with Crippen LogP contribution in [0.4, 0.5) is 0 Å². The average Bonchev–Trinajstić information content (AvgIpc) is 3.05. The van der Waals surface area contributed by atoms with E-state index >= 15 is 0 Å². The van der Waals surface area contributed by atoms with Gasteiger partial charge in [-0.2, -0.15) is 5.10 Å². The summed E-state index contributed by atoms with van der Waals surface area (Å²) in [5.74, 6) is 0. The lowest BCUT2D eigenvalue weighted by Crippen LogP contribution is -2.26. The number of thiocarbonyl (C=S) groups is 1. The smallest absolute Gasteiger partial charge is 0.304 e. The van der Waals surface area contributed by atoms with E-state index in [-0.39, 0.29) is 10.7 Å². The summed E-state index contributed by atoms with van der Waals surface area (Å²) in [7, 11) is 0. The van der Waals surface area contributed by atoms with E-state index in [1.807, 2.05) is 48.5 Å². The molecule has 1 aliphatic rings. The first-order chi connectivity index (χ1) is 11.7. The van der Waals surface area contributed by atoms with Gasteiger partial charge in [0.1, 0.15) is 5.69 Å². The van der Waals surface area contributed by atoms with Crippen molar-refractivity contribution >= 4 is 28.2 Å². The van der Waals surface area contributed by atoms with Crippen LogP contribution in [0.1, 0.15) is 17.5 Å². The molecule has 3 aromatic rings. The Morgan fingerprint density at radius 1 is 1.04 bits per heavy atom. The molecule has 4 rings (SSSR count). The highest BCUT2D eigenvalue weighted by molar-refractivity contribution is 7.80. The molecular weight excluding hydrogens is 324 g/mol. The third-order valence-electron chi connectivity index (χ3n) is 3.76. The molecule has 0 bridgehead atoms. The minimum atomic E-state index is -0.718. The highest BCUT2D eigenvalue weighted by Crippen LogP contribution is 2.28. The topological polar surface area (TPSA) is 68.8 Å². The molecular formula is C17H12N4O2S. The summed E-state index contributed by atoms with van der Waals surface area (Å²) >= 11 is 4.90. The average molecular weight is 336 g/mol. The zero-order chi connectivity index (χ0) is 16.5. The minimum Gasteiger partial charge on any atom is -0.435 e. The van der Waals surface area contributed by atoms with Gasteiger partial charge in [-0.05, 0) is 23.8 Å². The molecule has 1 aliphatic heterocycles. The van der Waals surface area contributed by atoms with Crippen LogP contribution in [0.2, 0.25) is 0 Å². The number of hydrogen-bond acceptors (Lipinski definition) is 5. The van der Waals surface area contributed by atoms with Gasteiger partial charge in [-0.1, -0.05) is 48.5 Å². The van der Waals surface area contributed by atoms with Crippen molar-refractivity contribution in [1.29, 1.82) is 0 Å². The van der Waals surface area contributed by atoms with Crippen LogP contribution in [0.15, 0.2) is 69.6 Å². The highest BCUT2D eigenvalue weighted by atomic mass is 32.1. The normalized spacial score (nSPS) is 16.5. The van der Waals surface area contributed by atoms with E-state index < -0.39 is 6.23 Å². The molecule has 24 heavy (non-hydrogen) atoms. The second-order valence-corrected chi connectivity index (χ2v) is 5.68. The molecule has 0 amide bonds. The molecule has 1 atom stereocenters. The summed E-state index contributed by atoms with van der Waals surface area (Å²) in [5, 5.41) is 13.6. The molecule has 0 aliphatic carbocycles. The molecule has 7 heteroatoms. The Balaban J connectivity index is 1.88. The third kappa shape index (κ3) is 2.59. The lowest BCUT2D eigenvalue weighted by Gasteiger charge is -2.13. The van der Waals surface area contributed by atoms with Crippen LogP contribution in [-0.2, 0) is 11.3 Å². The highest BCUT2D eigenvalue weighted by Gasteiger charge is 2.25. The van der Waals surface area contributed by atoms with Crippen LogP contribution in [0, 0.1) is 0 Å². The molecule has 1 unspecified atom stereocenters. The first kappa shape index (κ1) is 14.6. The fourth-order valence-corrected chi connectivity index (χ4v) is 2.80. The maximum atomic E-state index is 12.7. The Morgan fingerprint density at radius 2 is 1.75 bits per heavy atom. The fourth-order valence-electron chi connectivity index (χ4n) is 2.66. The fraction of sp³-hybridized carbons (Fsp3) is 0.118. The zero-order valence-electron chi connectivity index (χ0n) is 12.5. The molecule has 0 radical (unpaired) electrons. The van der Waals surface area contributed by atoms with Crippen molar-refractivity contribution < 1.29 is 4.74 Å². The van der Waals surface area contributed by atoms with Crippen LogP contribution >= 0.6 is 12.2 Å². The van der Waals surface area contributed by atoms with E-state index in [2.05, 4.69) is 15.3 Å². The second-order valence-electron chi connectivity index (χ2n) is 5.33. The van der Waals surface area contributed by atoms with E-state index in [4.69, 9.17) is 17.0 Å². The Kier molecular flexibility index (Phi) is 3.62. The van der Waals surface area contributed by atoms with Gasteiger partial charge in [-0.3, -0.25) is 4.79 Å². The molecule has 2 aromatic carbocycles. The number of aromatic nitrogens is 2. The molecule has 1 aromatic heterocycles. The van der Waals surface area contributed by atoms with Gasteiger partial charge < -0.3 is 4.74 Å². The van der Waals surface area contributed by atoms with Gasteiger partial charge >= 0.3 is 5.17 Å². The second kappa shape index (κ2) is 5.93. The molecule has 6 nitrogen and oxygen atoms in total. The lowest BCUT2D eigenvalue weighted by molar-refractivity contribution is 0.220. The molecule has 2 heterocycles. The van der Waals surface area contributed by atoms with Gasteiger partial charge in [-0.15, -0.1) is 10.2 Å². The van der Waals surface area contributed by atoms with Gasteiger partial charge in [-0.25, -0.2) is 4.68 Å². The number of nitrogens with zero attached hydrogens (tertiary/aromatic N) is 4. The van der Waals surface area contributed by atoms with Gasteiger partial charge in [0.25, 0.3) is 11.8 Å². The van der Waals surface area contributed by atoms with Gasteiger partial charge in [0, 0.05) is 5.39 Å². The van der Waals surface area contributed by atoms with Crippen molar-refractivity contribution in [3.63, 3.8) is 0 Å². The number of azo groups is 1. The number of rotatable bonds is 3. The maximum Gasteiger partial charge on any atom is 0.304 e. The summed E-state index contributed by atoms with van der Waals surface area (Å²) in [5.41, 5.74) is 1.36. The first-order valence-electron chi connectivity index (χ1n) is 7.37. The molecule has 118 valence electrons. The summed E-state index contributed by atoms with van der Waals surface area (Å²) in [4.78, 5) is 12.7. The van der Waals surface area contributed by atoms with Gasteiger partial charge in [0.2, 0.25) is 0 Å². The largest absolute Gasteiger partial charge is 0.435 e. The van der Waals surface area contributed by atoms with Crippen LogP contribution < -0.4 is 5.56 Å². The zero-order valence-corrected chi connectivity index (χ0v) is 13.3. The standard InChI is InChI=1S/C17H12N4O2S/c22-16-13-9-5-4-8-12(13)14(15-18-19-17(24)23-15)20-21(16)10-11-6-2-1-3-7-11/h1-9,15H,10H2. The van der Waals surface area contributed by atoms with Crippen molar-refractivity contribution in [3.8, 4) is 0 Å². The molecule has 0 spiro atoms. The van der Waals surface area contributed by atoms with Crippen molar-refractivity contribution in [2.75, 3.05) is 0 Å². The van der Waals surface area contributed by atoms with Gasteiger partial charge in [0.05, 0.1) is 11.9 Å². The lowest BCUT2D eigenvalue weighted by atomic mass is 10.1. The van der Waals surface area contributed by atoms with E-state index in [9.17, 15) is 4.79 Å². The quantitative estimate of drug-likeness (QED) is 0.689. The predicted molar refractivity (Wildman–Crippen MR) is 92.8 cm³/mol. The Hall–Kier alpha value is -2.93. The summed E-state index contributed by atoms with van der Waals surface area (Å²) < 4.78 is 6.84. The molecule has 0 saturated carbocycles. The number of benzene rings is 2. The number of ether oxygens (including phenoxy) is 1. The monoisotopic (exact) mass is 336 g/mol. The van der Waals surface area contributed by atoms with Crippen molar-refractivity contribution in [3.05, 3.63) is 76.2 Å². The Morgan fingerprint density at radius 3 is 2.46 bits per heavy atom. The maximum absolute atomic E-state index is 12.7. The van der Waals surface area contributed by atoms with Crippen LogP contribution in [0.3, 0.4) is 0 Å². The molecule has 0 fully saturated rings. The van der Waals surface area contributed by atoms with E-state index in [1.54, 1.807) is 6.07 Å². The Bertz CT molecular complexity index is 1010. The third-order valence-corrected chi connectivity index (χ3v) is 3.94. The summed E-state index contributed by atoms with van der Waals surface area (Å²) in [6, 6.07) is 16.9. The van der Waals surface area contributed by atoms with E-state index in [1.165, 1.54) is 4.68 Å². The molecule has 0 N–H and O–H groups in total. The van der Waals surface area contributed by atoms with Crippen molar-refractivity contribution in [2.45, 2.75) is 12.8 Å². The van der Waals surface area contributed by atoms with E-state index in [0.29, 0.717) is 23.0 Å². The summed E-state index contributed by atoms with van der Waals surface area (Å²) in [6.07, 6.45) is -0.718. The van der Waals surface area contributed by atoms with Crippen molar-refractivity contribution in [2.24, 2.45) is 10.2 Å². The number of fused-ring (bicyclic) bond motifs is 1. The molecule has 0 saturated heterocycles. The minimum absolute atomic E-state index is 0.0756. The van der Waals surface area contributed by atoms with E-state index in [0.717, 1.165) is 5.56 Å². The van der Waals surface area contributed by atoms with Crippen LogP contribution in [0.5, 0.6) is 0 Å². The van der Waals surface area contributed by atoms with Crippen LogP contribution in [-0.4, -0.2) is 15.0 Å². The SMILES string of the molecule is O=c1c2ccccc2c(C2N=NC(=S)O2)nn1Cc1ccccc1. The summed E-state index contributed by atoms with van der Waals surface area (Å²) in [6.45, 7) is 0.367. The number of hydrogen-bond donors (Lipinski definition) is 0. The van der Waals surface area contributed by atoms with Crippen molar-refractivity contribution in [1.82, 2.24) is 9.78 Å². The Labute approximate surface area is 142 Å². The predicted octanol–water partition coefficient (Wildman–Crippen LogP) is 3.21. The van der Waals surface area contributed by atoms with Crippen LogP contribution in [0.25, 0.3) is 10.8 Å².